The molecule has 0 radical (unpaired) electrons. The van der Waals surface area contributed by atoms with E-state index >= 15 is 0 Å². The van der Waals surface area contributed by atoms with E-state index < -0.39 is 23.9 Å². The molecule has 0 saturated carbocycles. The number of carbonyl (C=O) groups excluding carboxylic acids is 1. The largest absolute Gasteiger partial charge is 0.481 e. The molecule has 2 aromatic heterocycles. The number of carboxylic acid groups (broad SMARTS) is 2. The minimum Gasteiger partial charge on any atom is -0.481 e. The van der Waals surface area contributed by atoms with E-state index in [1.807, 2.05) is 0 Å². The van der Waals surface area contributed by atoms with E-state index in [1.54, 1.807) is 30.5 Å². The lowest BCUT2D eigenvalue weighted by molar-refractivity contribution is -0.140. The smallest absolute Gasteiger partial charge is 0.326 e. The summed E-state index contributed by atoms with van der Waals surface area (Å²) < 4.78 is 0. The third kappa shape index (κ3) is 5.85. The van der Waals surface area contributed by atoms with E-state index in [0.717, 1.165) is 16.5 Å². The van der Waals surface area contributed by atoms with Gasteiger partial charge < -0.3 is 32.0 Å². The molecule has 0 fully saturated rings. The first-order valence-corrected chi connectivity index (χ1v) is 10.0. The zero-order valence-electron chi connectivity index (χ0n) is 17.7. The molecule has 0 spiro atoms. The van der Waals surface area contributed by atoms with E-state index in [1.165, 1.54) is 0 Å². The van der Waals surface area contributed by atoms with Crippen molar-refractivity contribution in [1.29, 1.82) is 0 Å². The van der Waals surface area contributed by atoms with Crippen LogP contribution in [0.4, 0.5) is 11.8 Å². The molecule has 0 bridgehead atoms. The number of anilines is 2. The summed E-state index contributed by atoms with van der Waals surface area (Å²) in [5, 5.41) is 21.3. The fourth-order valence-electron chi connectivity index (χ4n) is 3.46. The second-order valence-electron chi connectivity index (χ2n) is 7.59. The number of hydrogen-bond donors (Lipinski definition) is 6. The van der Waals surface area contributed by atoms with Crippen LogP contribution in [0.5, 0.6) is 0 Å². The molecular weight excluding hydrogens is 428 g/mol. The fourth-order valence-corrected chi connectivity index (χ4v) is 3.46. The van der Waals surface area contributed by atoms with Crippen LogP contribution in [0.1, 0.15) is 34.3 Å². The quantitative estimate of drug-likeness (QED) is 0.247. The molecule has 2 heterocycles. The number of carboxylic acids is 2. The highest BCUT2D eigenvalue weighted by Crippen LogP contribution is 2.24. The summed E-state index contributed by atoms with van der Waals surface area (Å²) in [5.41, 5.74) is 14.5. The Balaban J connectivity index is 1.62. The minimum atomic E-state index is -1.27. The molecule has 1 atom stereocenters. The highest BCUT2D eigenvalue weighted by atomic mass is 16.4. The monoisotopic (exact) mass is 452 g/mol. The first kappa shape index (κ1) is 23.3. The number of hydrogen-bond acceptors (Lipinski definition) is 7. The van der Waals surface area contributed by atoms with Crippen LogP contribution in [0.2, 0.25) is 0 Å². The Morgan fingerprint density at radius 3 is 2.42 bits per heavy atom. The number of amides is 1. The lowest BCUT2D eigenvalue weighted by Crippen LogP contribution is -2.41. The molecule has 172 valence electrons. The Bertz CT molecular complexity index is 1220. The zero-order valence-corrected chi connectivity index (χ0v) is 17.7. The van der Waals surface area contributed by atoms with Crippen molar-refractivity contribution in [2.75, 3.05) is 11.5 Å². The van der Waals surface area contributed by atoms with Gasteiger partial charge in [0.05, 0.1) is 11.8 Å². The average Bonchev–Trinajstić information content (AvgIpc) is 3.14. The van der Waals surface area contributed by atoms with Gasteiger partial charge in [-0.05, 0) is 42.5 Å². The normalized spacial score (nSPS) is 11.8. The lowest BCUT2D eigenvalue weighted by Gasteiger charge is -2.15. The van der Waals surface area contributed by atoms with E-state index in [0.29, 0.717) is 24.3 Å². The van der Waals surface area contributed by atoms with Crippen LogP contribution < -0.4 is 16.8 Å². The molecule has 1 unspecified atom stereocenters. The van der Waals surface area contributed by atoms with Gasteiger partial charge in [-0.25, -0.2) is 4.79 Å². The van der Waals surface area contributed by atoms with Crippen molar-refractivity contribution in [2.45, 2.75) is 31.7 Å². The maximum Gasteiger partial charge on any atom is 0.326 e. The third-order valence-electron chi connectivity index (χ3n) is 5.06. The molecule has 11 nitrogen and oxygen atoms in total. The van der Waals surface area contributed by atoms with Crippen molar-refractivity contribution < 1.29 is 24.6 Å². The third-order valence-corrected chi connectivity index (χ3v) is 5.06. The number of nitrogens with zero attached hydrogens (tertiary/aromatic N) is 2. The van der Waals surface area contributed by atoms with Crippen LogP contribution in [-0.2, 0) is 22.4 Å². The summed E-state index contributed by atoms with van der Waals surface area (Å²) in [5.74, 6) is -2.55. The lowest BCUT2D eigenvalue weighted by atomic mass is 10.0. The van der Waals surface area contributed by atoms with Gasteiger partial charge in [-0.1, -0.05) is 24.3 Å². The summed E-state index contributed by atoms with van der Waals surface area (Å²) in [6, 6.07) is 5.49. The van der Waals surface area contributed by atoms with E-state index in [9.17, 15) is 19.5 Å². The van der Waals surface area contributed by atoms with Crippen LogP contribution in [0.3, 0.4) is 0 Å². The predicted octanol–water partition coefficient (Wildman–Crippen LogP) is 1.51. The molecule has 1 amide bonds. The molecule has 1 aromatic carbocycles. The van der Waals surface area contributed by atoms with Gasteiger partial charge >= 0.3 is 11.9 Å². The first-order valence-electron chi connectivity index (χ1n) is 10.0. The number of aliphatic carboxylic acids is 2. The molecule has 3 aromatic rings. The van der Waals surface area contributed by atoms with Gasteiger partial charge in [0.1, 0.15) is 17.5 Å². The van der Waals surface area contributed by atoms with Crippen molar-refractivity contribution in [3.05, 3.63) is 59.3 Å². The Labute approximate surface area is 188 Å². The molecule has 8 N–H and O–H groups in total. The number of nitrogen functional groups attached to an aromatic ring is 2. The number of fused-ring (bicyclic) bond motifs is 1. The number of benzene rings is 1. The standard InChI is InChI=1S/C22H24N6O5/c1-11(9-16(29)30)8-15(21(32)33)26-20(31)13-5-2-12(3-6-13)4-7-14-10-25-19-17(14)18(23)27-22(24)28-19/h2-3,5-6,10,15H,1,4,7-9H2,(H,26,31)(H,29,30)(H,32,33)(H5,23,24,25,27,28). The number of H-pyrrole nitrogens is 1. The predicted molar refractivity (Wildman–Crippen MR) is 121 cm³/mol. The highest BCUT2D eigenvalue weighted by molar-refractivity contribution is 5.96. The molecule has 33 heavy (non-hydrogen) atoms. The minimum absolute atomic E-state index is 0.0959. The van der Waals surface area contributed by atoms with E-state index in [4.69, 9.17) is 16.6 Å². The van der Waals surface area contributed by atoms with Gasteiger partial charge in [-0.2, -0.15) is 9.97 Å². The number of aromatic nitrogens is 3. The highest BCUT2D eigenvalue weighted by Gasteiger charge is 2.22. The molecule has 0 aliphatic heterocycles. The average molecular weight is 452 g/mol. The second kappa shape index (κ2) is 9.81. The number of carbonyl (C=O) groups is 3. The SMILES string of the molecule is C=C(CC(=O)O)CC(NC(=O)c1ccc(CCc2c[nH]c3nc(N)nc(N)c23)cc1)C(=O)O. The first-order chi connectivity index (χ1) is 15.6. The fraction of sp³-hybridized carbons (Fsp3) is 0.227. The Kier molecular flexibility index (Phi) is 6.91. The molecule has 3 rings (SSSR count). The van der Waals surface area contributed by atoms with Crippen molar-refractivity contribution in [2.24, 2.45) is 0 Å². The summed E-state index contributed by atoms with van der Waals surface area (Å²) >= 11 is 0. The maximum atomic E-state index is 12.5. The summed E-state index contributed by atoms with van der Waals surface area (Å²) in [4.78, 5) is 45.8. The second-order valence-corrected chi connectivity index (χ2v) is 7.59. The van der Waals surface area contributed by atoms with Crippen LogP contribution in [0.15, 0.2) is 42.6 Å². The molecule has 0 aliphatic carbocycles. The number of aromatic amines is 1. The van der Waals surface area contributed by atoms with Crippen molar-refractivity contribution in [3.63, 3.8) is 0 Å². The van der Waals surface area contributed by atoms with Crippen LogP contribution in [0, 0.1) is 0 Å². The van der Waals surface area contributed by atoms with Gasteiger partial charge in [0.15, 0.2) is 0 Å². The summed E-state index contributed by atoms with van der Waals surface area (Å²) in [6.45, 7) is 3.56. The van der Waals surface area contributed by atoms with Gasteiger partial charge in [-0.15, -0.1) is 0 Å². The number of nitrogens with two attached hydrogens (primary N) is 2. The van der Waals surface area contributed by atoms with Crippen molar-refractivity contribution in [1.82, 2.24) is 20.3 Å². The van der Waals surface area contributed by atoms with Crippen LogP contribution in [0.25, 0.3) is 11.0 Å². The van der Waals surface area contributed by atoms with E-state index in [-0.39, 0.29) is 29.9 Å². The van der Waals surface area contributed by atoms with Gasteiger partial charge in [0.25, 0.3) is 5.91 Å². The summed E-state index contributed by atoms with van der Waals surface area (Å²) in [7, 11) is 0. The van der Waals surface area contributed by atoms with Crippen molar-refractivity contribution in [3.8, 4) is 0 Å². The van der Waals surface area contributed by atoms with Gasteiger partial charge in [0, 0.05) is 11.8 Å². The number of aryl methyl sites for hydroxylation is 2. The van der Waals surface area contributed by atoms with Crippen molar-refractivity contribution >= 4 is 40.6 Å². The van der Waals surface area contributed by atoms with Gasteiger partial charge in [0.2, 0.25) is 5.95 Å². The van der Waals surface area contributed by atoms with Crippen LogP contribution in [-0.4, -0.2) is 49.1 Å². The Morgan fingerprint density at radius 1 is 1.09 bits per heavy atom. The molecular formula is C22H24N6O5. The number of rotatable bonds is 10. The summed E-state index contributed by atoms with van der Waals surface area (Å²) in [6.07, 6.45) is 2.58. The maximum absolute atomic E-state index is 12.5. The topological polar surface area (TPSA) is 197 Å². The number of nitrogens with one attached hydrogen (secondary N) is 2. The van der Waals surface area contributed by atoms with Gasteiger partial charge in [-0.3, -0.25) is 9.59 Å². The molecule has 0 aliphatic rings. The van der Waals surface area contributed by atoms with Crippen LogP contribution >= 0.6 is 0 Å². The Morgan fingerprint density at radius 2 is 1.79 bits per heavy atom. The molecule has 11 heteroatoms. The zero-order chi connectivity index (χ0) is 24.1. The van der Waals surface area contributed by atoms with E-state index in [2.05, 4.69) is 26.8 Å². The Hall–Kier alpha value is -4.41. The molecule has 0 saturated heterocycles.